The van der Waals surface area contributed by atoms with Crippen LogP contribution in [0.5, 0.6) is 0 Å². The van der Waals surface area contributed by atoms with Crippen molar-refractivity contribution in [2.24, 2.45) is 0 Å². The van der Waals surface area contributed by atoms with Crippen molar-refractivity contribution in [2.45, 2.75) is 6.92 Å². The van der Waals surface area contributed by atoms with Crippen molar-refractivity contribution in [3.05, 3.63) is 64.1 Å². The second-order valence-corrected chi connectivity index (χ2v) is 6.65. The fraction of sp³-hybridized carbons (Fsp3) is 0.0500. The topological polar surface area (TPSA) is 91.8 Å². The first-order valence-corrected chi connectivity index (χ1v) is 8.68. The number of aromatic nitrogens is 1. The monoisotopic (exact) mass is 396 g/mol. The summed E-state index contributed by atoms with van der Waals surface area (Å²) in [4.78, 5) is 15.5. The van der Waals surface area contributed by atoms with Crippen LogP contribution in [0.4, 0.5) is 11.5 Å². The third-order valence-corrected chi connectivity index (χ3v) is 4.43. The quantitative estimate of drug-likeness (QED) is 0.641. The Kier molecular flexibility index (Phi) is 5.31. The molecular weight excluding hydrogens is 383 g/mol. The van der Waals surface area contributed by atoms with Gasteiger partial charge in [0.1, 0.15) is 17.5 Å². The van der Waals surface area contributed by atoms with Crippen molar-refractivity contribution in [1.82, 2.24) is 4.98 Å². The van der Waals surface area contributed by atoms with Crippen LogP contribution in [-0.4, -0.2) is 10.9 Å². The van der Waals surface area contributed by atoms with Gasteiger partial charge in [-0.25, -0.2) is 4.98 Å². The van der Waals surface area contributed by atoms with Gasteiger partial charge in [0.05, 0.1) is 10.7 Å². The van der Waals surface area contributed by atoms with Gasteiger partial charge in [-0.2, -0.15) is 5.26 Å². The number of anilines is 2. The number of benzene rings is 2. The molecule has 1 aromatic heterocycles. The Bertz CT molecular complexity index is 1070. The summed E-state index contributed by atoms with van der Waals surface area (Å²) in [6.45, 7) is 1.44. The Balaban J connectivity index is 2.13. The van der Waals surface area contributed by atoms with Crippen molar-refractivity contribution >= 4 is 40.6 Å². The summed E-state index contributed by atoms with van der Waals surface area (Å²) in [5, 5.41) is 13.2. The Morgan fingerprint density at radius 2 is 1.81 bits per heavy atom. The van der Waals surface area contributed by atoms with E-state index in [0.29, 0.717) is 32.6 Å². The summed E-state index contributed by atoms with van der Waals surface area (Å²) in [6.07, 6.45) is 0. The Morgan fingerprint density at radius 3 is 2.41 bits per heavy atom. The molecule has 0 unspecified atom stereocenters. The molecule has 0 bridgehead atoms. The van der Waals surface area contributed by atoms with E-state index in [2.05, 4.69) is 16.4 Å². The molecule has 0 saturated heterocycles. The smallest absolute Gasteiger partial charge is 0.221 e. The number of nitrogen functional groups attached to an aromatic ring is 1. The number of hydrogen-bond acceptors (Lipinski definition) is 4. The number of halogens is 2. The van der Waals surface area contributed by atoms with Crippen LogP contribution in [-0.2, 0) is 4.79 Å². The molecule has 7 heteroatoms. The first kappa shape index (κ1) is 18.7. The number of nitrogens with zero attached hydrogens (tertiary/aromatic N) is 2. The number of pyridine rings is 1. The van der Waals surface area contributed by atoms with E-state index in [9.17, 15) is 10.1 Å². The highest BCUT2D eigenvalue weighted by Gasteiger charge is 2.15. The Labute approximate surface area is 166 Å². The molecule has 0 radical (unpaired) electrons. The maximum atomic E-state index is 11.2. The number of nitriles is 1. The van der Waals surface area contributed by atoms with Gasteiger partial charge in [0.25, 0.3) is 0 Å². The first-order valence-electron chi connectivity index (χ1n) is 7.93. The summed E-state index contributed by atoms with van der Waals surface area (Å²) in [5.41, 5.74) is 9.54. The number of amides is 1. The molecule has 5 nitrogen and oxygen atoms in total. The average molecular weight is 397 g/mol. The van der Waals surface area contributed by atoms with Gasteiger partial charge in [-0.3, -0.25) is 4.79 Å². The molecule has 134 valence electrons. The van der Waals surface area contributed by atoms with Gasteiger partial charge < -0.3 is 11.1 Å². The molecule has 27 heavy (non-hydrogen) atoms. The molecule has 0 fully saturated rings. The van der Waals surface area contributed by atoms with E-state index in [1.807, 2.05) is 0 Å². The fourth-order valence-electron chi connectivity index (χ4n) is 2.68. The van der Waals surface area contributed by atoms with Crippen molar-refractivity contribution in [1.29, 1.82) is 5.26 Å². The van der Waals surface area contributed by atoms with Crippen molar-refractivity contribution in [3.63, 3.8) is 0 Å². The van der Waals surface area contributed by atoms with Crippen molar-refractivity contribution < 1.29 is 4.79 Å². The molecule has 1 amide bonds. The van der Waals surface area contributed by atoms with Crippen LogP contribution >= 0.6 is 23.2 Å². The second-order valence-electron chi connectivity index (χ2n) is 5.81. The van der Waals surface area contributed by atoms with E-state index in [4.69, 9.17) is 28.9 Å². The lowest BCUT2D eigenvalue weighted by atomic mass is 9.98. The van der Waals surface area contributed by atoms with Crippen LogP contribution < -0.4 is 11.1 Å². The van der Waals surface area contributed by atoms with Crippen LogP contribution in [0.15, 0.2) is 48.5 Å². The fourth-order valence-corrected chi connectivity index (χ4v) is 3.19. The normalized spacial score (nSPS) is 10.3. The molecule has 3 N–H and O–H groups in total. The SMILES string of the molecule is CC(=O)Nc1ccc(-c2cc(-c3ccc(Cl)cc3Cl)nc(N)c2C#N)cc1. The Morgan fingerprint density at radius 1 is 1.11 bits per heavy atom. The van der Waals surface area contributed by atoms with E-state index in [0.717, 1.165) is 5.56 Å². The Hall–Kier alpha value is -3.07. The summed E-state index contributed by atoms with van der Waals surface area (Å²) in [6, 6.07) is 16.1. The molecule has 0 aliphatic carbocycles. The summed E-state index contributed by atoms with van der Waals surface area (Å²) < 4.78 is 0. The van der Waals surface area contributed by atoms with Gasteiger partial charge >= 0.3 is 0 Å². The maximum Gasteiger partial charge on any atom is 0.221 e. The zero-order chi connectivity index (χ0) is 19.6. The third kappa shape index (κ3) is 4.03. The molecule has 3 rings (SSSR count). The first-order chi connectivity index (χ1) is 12.9. The number of hydrogen-bond donors (Lipinski definition) is 2. The number of nitrogens with two attached hydrogens (primary N) is 1. The number of nitrogens with one attached hydrogen (secondary N) is 1. The summed E-state index contributed by atoms with van der Waals surface area (Å²) in [7, 11) is 0. The molecule has 0 atom stereocenters. The molecular formula is C20H14Cl2N4O. The van der Waals surface area contributed by atoms with E-state index < -0.39 is 0 Å². The zero-order valence-corrected chi connectivity index (χ0v) is 15.8. The minimum Gasteiger partial charge on any atom is -0.383 e. The molecule has 0 aliphatic heterocycles. The molecule has 3 aromatic rings. The molecule has 0 spiro atoms. The number of rotatable bonds is 3. The van der Waals surface area contributed by atoms with Gasteiger partial charge in [-0.1, -0.05) is 35.3 Å². The highest BCUT2D eigenvalue weighted by molar-refractivity contribution is 6.36. The summed E-state index contributed by atoms with van der Waals surface area (Å²) in [5.74, 6) is -0.0461. The molecule has 0 saturated carbocycles. The number of carbonyl (C=O) groups is 1. The molecule has 1 heterocycles. The van der Waals surface area contributed by atoms with Crippen molar-refractivity contribution in [2.75, 3.05) is 11.1 Å². The second kappa shape index (κ2) is 7.67. The van der Waals surface area contributed by atoms with Crippen LogP contribution in [0.25, 0.3) is 22.4 Å². The van der Waals surface area contributed by atoms with Crippen LogP contribution in [0, 0.1) is 11.3 Å². The lowest BCUT2D eigenvalue weighted by Gasteiger charge is -2.12. The van der Waals surface area contributed by atoms with Crippen LogP contribution in [0.1, 0.15) is 12.5 Å². The highest BCUT2D eigenvalue weighted by Crippen LogP contribution is 2.35. The predicted octanol–water partition coefficient (Wildman–Crippen LogP) is 5.13. The number of carbonyl (C=O) groups excluding carboxylic acids is 1. The maximum absolute atomic E-state index is 11.2. The van der Waals surface area contributed by atoms with E-state index >= 15 is 0 Å². The highest BCUT2D eigenvalue weighted by atomic mass is 35.5. The molecule has 0 aliphatic rings. The third-order valence-electron chi connectivity index (χ3n) is 3.88. The zero-order valence-electron chi connectivity index (χ0n) is 14.3. The lowest BCUT2D eigenvalue weighted by molar-refractivity contribution is -0.114. The standard InChI is InChI=1S/C20H14Cl2N4O/c1-11(27)25-14-5-2-12(3-6-14)16-9-19(26-20(24)17(16)10-23)15-7-4-13(21)8-18(15)22/h2-9H,1H3,(H2,24,26)(H,25,27). The van der Waals surface area contributed by atoms with Gasteiger partial charge in [0.2, 0.25) is 5.91 Å². The van der Waals surface area contributed by atoms with E-state index in [-0.39, 0.29) is 17.3 Å². The van der Waals surface area contributed by atoms with Gasteiger partial charge in [-0.05, 0) is 42.0 Å². The average Bonchev–Trinajstić information content (AvgIpc) is 2.61. The van der Waals surface area contributed by atoms with E-state index in [1.54, 1.807) is 48.5 Å². The van der Waals surface area contributed by atoms with Gasteiger partial charge in [-0.15, -0.1) is 0 Å². The predicted molar refractivity (Wildman–Crippen MR) is 109 cm³/mol. The van der Waals surface area contributed by atoms with Crippen LogP contribution in [0.3, 0.4) is 0 Å². The molecule has 2 aromatic carbocycles. The minimum absolute atomic E-state index is 0.113. The largest absolute Gasteiger partial charge is 0.383 e. The summed E-state index contributed by atoms with van der Waals surface area (Å²) >= 11 is 12.2. The van der Waals surface area contributed by atoms with E-state index in [1.165, 1.54) is 6.92 Å². The van der Waals surface area contributed by atoms with Gasteiger partial charge in [0, 0.05) is 28.8 Å². The van der Waals surface area contributed by atoms with Crippen molar-refractivity contribution in [3.8, 4) is 28.5 Å². The minimum atomic E-state index is -0.159. The van der Waals surface area contributed by atoms with Gasteiger partial charge in [0.15, 0.2) is 0 Å². The lowest BCUT2D eigenvalue weighted by Crippen LogP contribution is -2.05. The van der Waals surface area contributed by atoms with Crippen LogP contribution in [0.2, 0.25) is 10.0 Å².